The van der Waals surface area contributed by atoms with Crippen molar-refractivity contribution in [3.05, 3.63) is 36.5 Å². The Bertz CT molecular complexity index is 713. The highest BCUT2D eigenvalue weighted by atomic mass is 16.6. The first-order valence-electron chi connectivity index (χ1n) is 21.1. The van der Waals surface area contributed by atoms with Gasteiger partial charge in [-0.05, 0) is 44.9 Å². The van der Waals surface area contributed by atoms with Crippen molar-refractivity contribution in [3.63, 3.8) is 0 Å². The molecule has 0 aromatic rings. The summed E-state index contributed by atoms with van der Waals surface area (Å²) in [5, 5.41) is 9.58. The summed E-state index contributed by atoms with van der Waals surface area (Å²) in [6, 6.07) is 0. The van der Waals surface area contributed by atoms with Crippen LogP contribution in [-0.4, -0.2) is 37.0 Å². The molecule has 0 spiro atoms. The fraction of sp³-hybridized carbons (Fsp3) is 0.841. The second kappa shape index (κ2) is 41.8. The van der Waals surface area contributed by atoms with Gasteiger partial charge in [-0.2, -0.15) is 0 Å². The number of allylic oxidation sites excluding steroid dienone is 6. The van der Waals surface area contributed by atoms with E-state index in [2.05, 4.69) is 50.3 Å². The van der Waals surface area contributed by atoms with Crippen molar-refractivity contribution in [1.29, 1.82) is 0 Å². The van der Waals surface area contributed by atoms with E-state index in [-0.39, 0.29) is 19.2 Å². The molecule has 0 fully saturated rings. The summed E-state index contributed by atoms with van der Waals surface area (Å²) < 4.78 is 11.1. The summed E-state index contributed by atoms with van der Waals surface area (Å²) in [6.45, 7) is 5.21. The maximum absolute atomic E-state index is 12.2. The van der Waals surface area contributed by atoms with Crippen molar-refractivity contribution in [3.8, 4) is 0 Å². The van der Waals surface area contributed by atoms with E-state index in [4.69, 9.17) is 9.47 Å². The molecule has 1 atom stereocenters. The molecule has 1 unspecified atom stereocenters. The lowest BCUT2D eigenvalue weighted by Gasteiger charge is -2.15. The summed E-state index contributed by atoms with van der Waals surface area (Å²) in [6.07, 6.45) is 52.1. The van der Waals surface area contributed by atoms with Crippen LogP contribution in [0.2, 0.25) is 0 Å². The SMILES string of the molecule is CC/C=C\C/C=C\C/C=C\CCCCCCOCC(CO)OC(=O)CCCCCCCCCCCCCCCCCCCCCCCC. The molecule has 0 aliphatic rings. The number of aliphatic hydroxyl groups is 1. The number of aliphatic hydroxyl groups excluding tert-OH is 1. The van der Waals surface area contributed by atoms with Crippen molar-refractivity contribution < 1.29 is 19.4 Å². The van der Waals surface area contributed by atoms with Crippen LogP contribution in [0.3, 0.4) is 0 Å². The molecule has 0 aromatic heterocycles. The zero-order valence-electron chi connectivity index (χ0n) is 32.3. The Kier molecular flexibility index (Phi) is 40.6. The molecule has 0 amide bonds. The van der Waals surface area contributed by atoms with Gasteiger partial charge in [0.2, 0.25) is 0 Å². The molecule has 4 nitrogen and oxygen atoms in total. The van der Waals surface area contributed by atoms with E-state index in [1.165, 1.54) is 141 Å². The van der Waals surface area contributed by atoms with Gasteiger partial charge in [-0.3, -0.25) is 4.79 Å². The number of esters is 1. The lowest BCUT2D eigenvalue weighted by Crippen LogP contribution is -2.27. The molecule has 4 heteroatoms. The van der Waals surface area contributed by atoms with Crippen LogP contribution in [0, 0.1) is 0 Å². The number of ether oxygens (including phenoxy) is 2. The number of hydrogen-bond acceptors (Lipinski definition) is 4. The van der Waals surface area contributed by atoms with Crippen molar-refractivity contribution in [2.24, 2.45) is 0 Å². The molecular weight excluding hydrogens is 592 g/mol. The van der Waals surface area contributed by atoms with Crippen molar-refractivity contribution in [2.75, 3.05) is 19.8 Å². The molecule has 282 valence electrons. The highest BCUT2D eigenvalue weighted by molar-refractivity contribution is 5.69. The smallest absolute Gasteiger partial charge is 0.306 e. The molecule has 0 aliphatic heterocycles. The van der Waals surface area contributed by atoms with Gasteiger partial charge in [0, 0.05) is 13.0 Å². The lowest BCUT2D eigenvalue weighted by atomic mass is 10.0. The van der Waals surface area contributed by atoms with Gasteiger partial charge in [-0.25, -0.2) is 0 Å². The number of hydrogen-bond donors (Lipinski definition) is 1. The van der Waals surface area contributed by atoms with Gasteiger partial charge in [0.25, 0.3) is 0 Å². The quantitative estimate of drug-likeness (QED) is 0.0400. The molecule has 0 saturated heterocycles. The Balaban J connectivity index is 3.40. The van der Waals surface area contributed by atoms with Crippen molar-refractivity contribution in [1.82, 2.24) is 0 Å². The van der Waals surface area contributed by atoms with Crippen molar-refractivity contribution >= 4 is 5.97 Å². The molecule has 1 N–H and O–H groups in total. The first-order valence-corrected chi connectivity index (χ1v) is 21.1. The number of unbranched alkanes of at least 4 members (excludes halogenated alkanes) is 25. The first-order chi connectivity index (χ1) is 23.7. The second-order valence-electron chi connectivity index (χ2n) is 14.0. The number of carbonyl (C=O) groups is 1. The molecule has 0 aromatic carbocycles. The third-order valence-electron chi connectivity index (χ3n) is 9.23. The van der Waals surface area contributed by atoms with Gasteiger partial charge >= 0.3 is 5.97 Å². The van der Waals surface area contributed by atoms with Crippen LogP contribution in [0.1, 0.15) is 213 Å². The summed E-state index contributed by atoms with van der Waals surface area (Å²) in [5.74, 6) is -0.206. The average molecular weight is 675 g/mol. The van der Waals surface area contributed by atoms with Gasteiger partial charge in [0.05, 0.1) is 13.2 Å². The molecule has 0 bridgehead atoms. The fourth-order valence-electron chi connectivity index (χ4n) is 6.11. The molecule has 0 aliphatic carbocycles. The Morgan fingerprint density at radius 1 is 0.521 bits per heavy atom. The minimum Gasteiger partial charge on any atom is -0.457 e. The van der Waals surface area contributed by atoms with Gasteiger partial charge in [-0.1, -0.05) is 198 Å². The van der Waals surface area contributed by atoms with Crippen LogP contribution >= 0.6 is 0 Å². The summed E-state index contributed by atoms with van der Waals surface area (Å²) in [4.78, 5) is 12.2. The largest absolute Gasteiger partial charge is 0.457 e. The molecule has 0 heterocycles. The van der Waals surface area contributed by atoms with Crippen LogP contribution in [-0.2, 0) is 14.3 Å². The van der Waals surface area contributed by atoms with E-state index < -0.39 is 6.10 Å². The number of carbonyl (C=O) groups excluding carboxylic acids is 1. The monoisotopic (exact) mass is 675 g/mol. The highest BCUT2D eigenvalue weighted by Gasteiger charge is 2.13. The molecule has 0 saturated carbocycles. The standard InChI is InChI=1S/C44H82O4/c1-3-5-7-9-11-13-15-17-19-20-21-22-23-24-25-26-27-29-31-33-35-37-39-44(46)48-43(41-45)42-47-40-38-36-34-32-30-28-18-16-14-12-10-8-6-4-2/h6,8,12,14,18,28,43,45H,3-5,7,9-11,13,15-17,19-27,29-42H2,1-2H3/b8-6-,14-12-,28-18-. The normalized spacial score (nSPS) is 12.6. The topological polar surface area (TPSA) is 55.8 Å². The number of rotatable bonds is 39. The van der Waals surface area contributed by atoms with Gasteiger partial charge in [0.1, 0.15) is 6.10 Å². The summed E-state index contributed by atoms with van der Waals surface area (Å²) in [7, 11) is 0. The average Bonchev–Trinajstić information content (AvgIpc) is 3.09. The van der Waals surface area contributed by atoms with E-state index in [0.717, 1.165) is 51.4 Å². The van der Waals surface area contributed by atoms with E-state index in [0.29, 0.717) is 13.0 Å². The summed E-state index contributed by atoms with van der Waals surface area (Å²) >= 11 is 0. The predicted molar refractivity (Wildman–Crippen MR) is 210 cm³/mol. The zero-order chi connectivity index (χ0) is 34.9. The minimum absolute atomic E-state index is 0.179. The lowest BCUT2D eigenvalue weighted by molar-refractivity contribution is -0.154. The van der Waals surface area contributed by atoms with Crippen LogP contribution in [0.4, 0.5) is 0 Å². The Hall–Kier alpha value is -1.39. The first kappa shape index (κ1) is 46.6. The van der Waals surface area contributed by atoms with E-state index in [1.54, 1.807) is 0 Å². The van der Waals surface area contributed by atoms with Crippen LogP contribution in [0.15, 0.2) is 36.5 Å². The minimum atomic E-state index is -0.543. The maximum atomic E-state index is 12.2. The maximum Gasteiger partial charge on any atom is 0.306 e. The highest BCUT2D eigenvalue weighted by Crippen LogP contribution is 2.16. The zero-order valence-corrected chi connectivity index (χ0v) is 32.3. The second-order valence-corrected chi connectivity index (χ2v) is 14.0. The molecule has 0 rings (SSSR count). The van der Waals surface area contributed by atoms with E-state index >= 15 is 0 Å². The van der Waals surface area contributed by atoms with E-state index in [1.807, 2.05) is 0 Å². The van der Waals surface area contributed by atoms with Gasteiger partial charge < -0.3 is 14.6 Å². The van der Waals surface area contributed by atoms with E-state index in [9.17, 15) is 9.90 Å². The van der Waals surface area contributed by atoms with Crippen LogP contribution in [0.25, 0.3) is 0 Å². The molecule has 48 heavy (non-hydrogen) atoms. The van der Waals surface area contributed by atoms with Crippen LogP contribution in [0.5, 0.6) is 0 Å². The van der Waals surface area contributed by atoms with Gasteiger partial charge in [0.15, 0.2) is 0 Å². The third-order valence-corrected chi connectivity index (χ3v) is 9.23. The molecular formula is C44H82O4. The third kappa shape index (κ3) is 39.1. The van der Waals surface area contributed by atoms with Crippen molar-refractivity contribution in [2.45, 2.75) is 219 Å². The van der Waals surface area contributed by atoms with Crippen LogP contribution < -0.4 is 0 Å². The predicted octanol–water partition coefficient (Wildman–Crippen LogP) is 13.7. The Labute approximate surface area is 300 Å². The molecule has 0 radical (unpaired) electrons. The Morgan fingerprint density at radius 3 is 1.42 bits per heavy atom. The summed E-state index contributed by atoms with van der Waals surface area (Å²) in [5.41, 5.74) is 0. The van der Waals surface area contributed by atoms with Gasteiger partial charge in [-0.15, -0.1) is 0 Å². The Morgan fingerprint density at radius 2 is 0.938 bits per heavy atom. The fourth-order valence-corrected chi connectivity index (χ4v) is 6.11.